The molecular formula is C78H128NO8P. The molecule has 0 spiro atoms. The summed E-state index contributed by atoms with van der Waals surface area (Å²) in [5.41, 5.74) is 0. The number of hydrogen-bond donors (Lipinski definition) is 0. The number of phosphoric acid groups is 1. The van der Waals surface area contributed by atoms with Crippen molar-refractivity contribution in [1.29, 1.82) is 0 Å². The lowest BCUT2D eigenvalue weighted by atomic mass is 10.0. The minimum absolute atomic E-state index is 0.0410. The van der Waals surface area contributed by atoms with E-state index in [1.807, 2.05) is 21.1 Å². The molecule has 0 fully saturated rings. The van der Waals surface area contributed by atoms with Gasteiger partial charge in [0.2, 0.25) is 0 Å². The Morgan fingerprint density at radius 3 is 0.909 bits per heavy atom. The van der Waals surface area contributed by atoms with Gasteiger partial charge in [-0.05, 0) is 128 Å². The summed E-state index contributed by atoms with van der Waals surface area (Å²) in [6.45, 7) is 3.99. The highest BCUT2D eigenvalue weighted by Crippen LogP contribution is 2.38. The number of phosphoric ester groups is 1. The van der Waals surface area contributed by atoms with Crippen LogP contribution in [-0.4, -0.2) is 70.0 Å². The molecule has 0 saturated heterocycles. The van der Waals surface area contributed by atoms with E-state index in [0.717, 1.165) is 148 Å². The van der Waals surface area contributed by atoms with Crippen molar-refractivity contribution < 1.29 is 42.1 Å². The first-order chi connectivity index (χ1) is 43.0. The average Bonchev–Trinajstić information content (AvgIpc) is 3.57. The van der Waals surface area contributed by atoms with Gasteiger partial charge in [-0.25, -0.2) is 0 Å². The smallest absolute Gasteiger partial charge is 0.306 e. The van der Waals surface area contributed by atoms with Gasteiger partial charge in [0.1, 0.15) is 19.8 Å². The largest absolute Gasteiger partial charge is 0.756 e. The second kappa shape index (κ2) is 66.8. The fourth-order valence-corrected chi connectivity index (χ4v) is 9.70. The van der Waals surface area contributed by atoms with Crippen molar-refractivity contribution in [2.24, 2.45) is 0 Å². The lowest BCUT2D eigenvalue weighted by molar-refractivity contribution is -0.870. The average molecular weight is 1240 g/mol. The second-order valence-corrected chi connectivity index (χ2v) is 25.2. The number of likely N-dealkylation sites (N-methyl/N-ethyl adjacent to an activating group) is 1. The summed E-state index contributed by atoms with van der Waals surface area (Å²) in [6.07, 6.45) is 101. The summed E-state index contributed by atoms with van der Waals surface area (Å²) in [4.78, 5) is 38.1. The zero-order valence-electron chi connectivity index (χ0n) is 56.6. The predicted octanol–water partition coefficient (Wildman–Crippen LogP) is 22.3. The Morgan fingerprint density at radius 1 is 0.352 bits per heavy atom. The molecule has 0 aromatic carbocycles. The number of quaternary nitrogens is 1. The summed E-state index contributed by atoms with van der Waals surface area (Å²) in [5.74, 6) is -0.852. The highest BCUT2D eigenvalue weighted by atomic mass is 31.2. The minimum Gasteiger partial charge on any atom is -0.756 e. The van der Waals surface area contributed by atoms with Crippen molar-refractivity contribution >= 4 is 19.8 Å². The number of ether oxygens (including phenoxy) is 2. The number of unbranched alkanes of at least 4 members (excludes halogenated alkanes) is 20. The number of rotatable bonds is 62. The number of allylic oxidation sites excluding steroid dienone is 28. The fraction of sp³-hybridized carbons (Fsp3) is 0.615. The predicted molar refractivity (Wildman–Crippen MR) is 378 cm³/mol. The number of nitrogens with zero attached hydrogens (tertiary/aromatic N) is 1. The number of carbonyl (C=O) groups excluding carboxylic acids is 2. The van der Waals surface area contributed by atoms with Crippen LogP contribution in [0, 0.1) is 0 Å². The van der Waals surface area contributed by atoms with E-state index in [4.69, 9.17) is 18.5 Å². The zero-order chi connectivity index (χ0) is 64.1. The summed E-state index contributed by atoms with van der Waals surface area (Å²) in [5, 5.41) is 0. The van der Waals surface area contributed by atoms with Crippen LogP contribution >= 0.6 is 7.82 Å². The van der Waals surface area contributed by atoms with Crippen molar-refractivity contribution in [3.8, 4) is 0 Å². The number of hydrogen-bond acceptors (Lipinski definition) is 8. The lowest BCUT2D eigenvalue weighted by Crippen LogP contribution is -2.37. The van der Waals surface area contributed by atoms with Crippen LogP contribution in [0.4, 0.5) is 0 Å². The summed E-state index contributed by atoms with van der Waals surface area (Å²) < 4.78 is 34.3. The zero-order valence-corrected chi connectivity index (χ0v) is 57.5. The standard InChI is InChI=1S/C78H128NO8P/c1-6-8-10-12-14-16-18-20-22-24-26-28-30-32-34-36-37-38-39-40-41-43-45-47-49-51-53-55-57-59-61-63-65-67-69-71-78(81)87-76(75-86-88(82,83)85-73-72-79(3,4)5)74-84-77(80)70-68-66-64-62-60-58-56-54-52-50-48-46-44-42-35-33-31-29-27-25-23-21-19-17-15-13-11-9-7-2/h8-11,14-17,20-23,26-29,32-35,37-38,40-41,44-47,76H,6-7,12-13,18-19,24-25,30-31,36,39,42-43,48-75H2,1-5H3/b10-8-,11-9-,16-14-,17-15-,22-20-,23-21-,28-26-,29-27-,34-32-,35-33-,38-37-,41-40-,46-44-,47-45-. The third-order valence-corrected chi connectivity index (χ3v) is 15.2. The SMILES string of the molecule is CC/C=C\C/C=C\C/C=C\C/C=C\C/C=C\C/C=C\C/C=C\C/C=C\CCCCCCCCCCCCC(=O)OC(COC(=O)CCCCCCCCCCCC/C=C\C/C=C\C/C=C\C/C=C\C/C=C\C/C=C\CC)COP(=O)([O-])OCC[N+](C)(C)C. The van der Waals surface area contributed by atoms with E-state index in [9.17, 15) is 19.0 Å². The van der Waals surface area contributed by atoms with Gasteiger partial charge in [-0.1, -0.05) is 287 Å². The van der Waals surface area contributed by atoms with Gasteiger partial charge in [0.25, 0.3) is 7.82 Å². The van der Waals surface area contributed by atoms with Crippen molar-refractivity contribution in [3.05, 3.63) is 170 Å². The molecule has 0 radical (unpaired) electrons. The molecule has 0 saturated carbocycles. The normalized spacial score (nSPS) is 14.2. The van der Waals surface area contributed by atoms with Gasteiger partial charge in [-0.2, -0.15) is 0 Å². The summed E-state index contributed by atoms with van der Waals surface area (Å²) in [7, 11) is 1.14. The first kappa shape index (κ1) is 83.4. The Bertz CT molecular complexity index is 2090. The van der Waals surface area contributed by atoms with E-state index in [2.05, 4.69) is 184 Å². The van der Waals surface area contributed by atoms with Gasteiger partial charge >= 0.3 is 11.9 Å². The third kappa shape index (κ3) is 70.5. The molecule has 0 aliphatic carbocycles. The molecule has 10 heteroatoms. The van der Waals surface area contributed by atoms with Gasteiger partial charge in [-0.3, -0.25) is 14.2 Å². The molecule has 0 heterocycles. The van der Waals surface area contributed by atoms with Crippen LogP contribution in [0.15, 0.2) is 170 Å². The van der Waals surface area contributed by atoms with E-state index < -0.39 is 32.5 Å². The first-order valence-electron chi connectivity index (χ1n) is 34.8. The van der Waals surface area contributed by atoms with E-state index in [1.54, 1.807) is 0 Å². The van der Waals surface area contributed by atoms with Crippen molar-refractivity contribution in [1.82, 2.24) is 0 Å². The van der Waals surface area contributed by atoms with Crippen LogP contribution in [-0.2, 0) is 32.7 Å². The molecule has 2 atom stereocenters. The molecule has 0 aliphatic rings. The summed E-state index contributed by atoms with van der Waals surface area (Å²) >= 11 is 0. The highest BCUT2D eigenvalue weighted by Gasteiger charge is 2.22. The van der Waals surface area contributed by atoms with E-state index in [1.165, 1.54) is 77.0 Å². The van der Waals surface area contributed by atoms with Crippen LogP contribution in [0.5, 0.6) is 0 Å². The van der Waals surface area contributed by atoms with Crippen LogP contribution in [0.3, 0.4) is 0 Å². The molecule has 0 aromatic rings. The number of esters is 2. The Hall–Kier alpha value is -4.63. The number of carbonyl (C=O) groups is 2. The third-order valence-electron chi connectivity index (χ3n) is 14.2. The van der Waals surface area contributed by atoms with Crippen LogP contribution in [0.1, 0.15) is 258 Å². The van der Waals surface area contributed by atoms with Gasteiger partial charge in [0.05, 0.1) is 27.7 Å². The molecule has 0 amide bonds. The first-order valence-corrected chi connectivity index (χ1v) is 36.3. The molecule has 0 bridgehead atoms. The lowest BCUT2D eigenvalue weighted by Gasteiger charge is -2.28. The molecular weight excluding hydrogens is 1110 g/mol. The molecule has 0 N–H and O–H groups in total. The molecule has 88 heavy (non-hydrogen) atoms. The summed E-state index contributed by atoms with van der Waals surface area (Å²) in [6, 6.07) is 0. The van der Waals surface area contributed by atoms with Crippen LogP contribution in [0.25, 0.3) is 0 Å². The Morgan fingerprint density at radius 2 is 0.614 bits per heavy atom. The van der Waals surface area contributed by atoms with E-state index >= 15 is 0 Å². The van der Waals surface area contributed by atoms with Gasteiger partial charge < -0.3 is 27.9 Å². The van der Waals surface area contributed by atoms with Crippen molar-refractivity contribution in [2.75, 3.05) is 47.5 Å². The highest BCUT2D eigenvalue weighted by molar-refractivity contribution is 7.45. The van der Waals surface area contributed by atoms with E-state index in [0.29, 0.717) is 17.4 Å². The van der Waals surface area contributed by atoms with E-state index in [-0.39, 0.29) is 26.1 Å². The maximum Gasteiger partial charge on any atom is 0.306 e. The quantitative estimate of drug-likeness (QED) is 0.0195. The topological polar surface area (TPSA) is 111 Å². The van der Waals surface area contributed by atoms with Gasteiger partial charge in [0.15, 0.2) is 6.10 Å². The van der Waals surface area contributed by atoms with Crippen molar-refractivity contribution in [2.45, 2.75) is 264 Å². The van der Waals surface area contributed by atoms with Crippen molar-refractivity contribution in [3.63, 3.8) is 0 Å². The molecule has 0 aliphatic heterocycles. The molecule has 0 rings (SSSR count). The second-order valence-electron chi connectivity index (χ2n) is 23.8. The molecule has 2 unspecified atom stereocenters. The maximum atomic E-state index is 12.9. The van der Waals surface area contributed by atoms with Gasteiger partial charge in [-0.15, -0.1) is 0 Å². The minimum atomic E-state index is -4.66. The van der Waals surface area contributed by atoms with Crippen LogP contribution < -0.4 is 4.89 Å². The fourth-order valence-electron chi connectivity index (χ4n) is 8.97. The molecule has 0 aromatic heterocycles. The Balaban J connectivity index is 4.14. The maximum absolute atomic E-state index is 12.9. The molecule has 9 nitrogen and oxygen atoms in total. The van der Waals surface area contributed by atoms with Gasteiger partial charge in [0, 0.05) is 12.8 Å². The molecule has 498 valence electrons. The Labute approximate surface area is 540 Å². The monoisotopic (exact) mass is 1240 g/mol. The Kier molecular flexibility index (Phi) is 63.3. The van der Waals surface area contributed by atoms with Crippen LogP contribution in [0.2, 0.25) is 0 Å².